The van der Waals surface area contributed by atoms with Crippen LogP contribution in [0.25, 0.3) is 0 Å². The van der Waals surface area contributed by atoms with E-state index in [-0.39, 0.29) is 0 Å². The Hall–Kier alpha value is -0.990. The van der Waals surface area contributed by atoms with E-state index < -0.39 is 0 Å². The Morgan fingerprint density at radius 3 is 2.92 bits per heavy atom. The van der Waals surface area contributed by atoms with Crippen molar-refractivity contribution in [3.63, 3.8) is 0 Å². The van der Waals surface area contributed by atoms with Crippen molar-refractivity contribution in [1.29, 1.82) is 0 Å². The van der Waals surface area contributed by atoms with Gasteiger partial charge in [0, 0.05) is 19.8 Å². The fraction of sp³-hybridized carbons (Fsp3) is 0.700. The van der Waals surface area contributed by atoms with Crippen molar-refractivity contribution >= 4 is 5.69 Å². The third kappa shape index (κ3) is 3.49. The molecule has 0 saturated heterocycles. The molecule has 0 aromatic carbocycles. The molecule has 0 fully saturated rings. The third-order valence-electron chi connectivity index (χ3n) is 2.14. The van der Waals surface area contributed by atoms with Gasteiger partial charge in [-0.3, -0.25) is 4.68 Å². The number of hydrogen-bond donors (Lipinski definition) is 1. The van der Waals surface area contributed by atoms with Crippen LogP contribution in [0.1, 0.15) is 26.7 Å². The van der Waals surface area contributed by atoms with E-state index in [2.05, 4.69) is 24.3 Å². The zero-order chi connectivity index (χ0) is 9.68. The predicted octanol–water partition coefficient (Wildman–Crippen LogP) is 2.27. The van der Waals surface area contributed by atoms with Gasteiger partial charge in [0.1, 0.15) is 0 Å². The highest BCUT2D eigenvalue weighted by atomic mass is 15.3. The molecule has 3 heteroatoms. The van der Waals surface area contributed by atoms with Crippen molar-refractivity contribution < 1.29 is 0 Å². The van der Waals surface area contributed by atoms with Crippen LogP contribution in [0.5, 0.6) is 0 Å². The summed E-state index contributed by atoms with van der Waals surface area (Å²) in [7, 11) is 1.93. The summed E-state index contributed by atoms with van der Waals surface area (Å²) in [5, 5.41) is 7.46. The van der Waals surface area contributed by atoms with Gasteiger partial charge in [0.15, 0.2) is 0 Å². The van der Waals surface area contributed by atoms with Gasteiger partial charge in [-0.2, -0.15) is 5.10 Å². The minimum absolute atomic E-state index is 0.741. The summed E-state index contributed by atoms with van der Waals surface area (Å²) in [6, 6.07) is 0. The summed E-state index contributed by atoms with van der Waals surface area (Å²) < 4.78 is 1.81. The molecule has 1 N–H and O–H groups in total. The standard InChI is InChI=1S/C10H19N3/c1-4-5-9(2)6-11-10-7-12-13(3)8-10/h7-9,11H,4-6H2,1-3H3/t9-/m0/s1. The van der Waals surface area contributed by atoms with Crippen molar-refractivity contribution in [3.8, 4) is 0 Å². The molecule has 1 aromatic heterocycles. The molecule has 0 unspecified atom stereocenters. The first-order chi connectivity index (χ1) is 6.22. The molecular weight excluding hydrogens is 162 g/mol. The van der Waals surface area contributed by atoms with Gasteiger partial charge < -0.3 is 5.32 Å². The van der Waals surface area contributed by atoms with E-state index in [1.54, 1.807) is 0 Å². The van der Waals surface area contributed by atoms with Crippen LogP contribution in [0.3, 0.4) is 0 Å². The molecule has 0 amide bonds. The first-order valence-electron chi connectivity index (χ1n) is 4.95. The maximum absolute atomic E-state index is 4.09. The van der Waals surface area contributed by atoms with E-state index in [1.807, 2.05) is 24.1 Å². The van der Waals surface area contributed by atoms with Crippen LogP contribution < -0.4 is 5.32 Å². The van der Waals surface area contributed by atoms with Gasteiger partial charge in [-0.25, -0.2) is 0 Å². The first-order valence-corrected chi connectivity index (χ1v) is 4.95. The van der Waals surface area contributed by atoms with Crippen LogP contribution in [-0.4, -0.2) is 16.3 Å². The SMILES string of the molecule is CCC[C@H](C)CNc1cnn(C)c1. The highest BCUT2D eigenvalue weighted by molar-refractivity contribution is 5.37. The zero-order valence-electron chi connectivity index (χ0n) is 8.75. The molecule has 0 aliphatic carbocycles. The molecule has 13 heavy (non-hydrogen) atoms. The molecule has 74 valence electrons. The maximum atomic E-state index is 4.09. The number of hydrogen-bond acceptors (Lipinski definition) is 2. The Kier molecular flexibility index (Phi) is 3.80. The minimum atomic E-state index is 0.741. The van der Waals surface area contributed by atoms with Crippen molar-refractivity contribution in [3.05, 3.63) is 12.4 Å². The number of aromatic nitrogens is 2. The lowest BCUT2D eigenvalue weighted by molar-refractivity contribution is 0.551. The van der Waals surface area contributed by atoms with Gasteiger partial charge in [-0.15, -0.1) is 0 Å². The normalized spacial score (nSPS) is 12.8. The van der Waals surface area contributed by atoms with E-state index in [9.17, 15) is 0 Å². The molecule has 0 spiro atoms. The number of aryl methyl sites for hydroxylation is 1. The van der Waals surface area contributed by atoms with Gasteiger partial charge in [0.2, 0.25) is 0 Å². The monoisotopic (exact) mass is 181 g/mol. The summed E-state index contributed by atoms with van der Waals surface area (Å²) >= 11 is 0. The van der Waals surface area contributed by atoms with Gasteiger partial charge in [-0.05, 0) is 12.3 Å². The molecule has 0 aliphatic heterocycles. The van der Waals surface area contributed by atoms with Crippen LogP contribution in [0.4, 0.5) is 5.69 Å². The molecule has 1 rings (SSSR count). The molecule has 0 radical (unpaired) electrons. The Morgan fingerprint density at radius 1 is 1.62 bits per heavy atom. The quantitative estimate of drug-likeness (QED) is 0.755. The Balaban J connectivity index is 2.26. The van der Waals surface area contributed by atoms with Crippen molar-refractivity contribution in [2.75, 3.05) is 11.9 Å². The lowest BCUT2D eigenvalue weighted by Gasteiger charge is -2.10. The highest BCUT2D eigenvalue weighted by Gasteiger charge is 2.00. The van der Waals surface area contributed by atoms with E-state index in [4.69, 9.17) is 0 Å². The summed E-state index contributed by atoms with van der Waals surface area (Å²) in [4.78, 5) is 0. The summed E-state index contributed by atoms with van der Waals surface area (Å²) in [5.41, 5.74) is 1.12. The number of nitrogens with one attached hydrogen (secondary N) is 1. The van der Waals surface area contributed by atoms with Crippen molar-refractivity contribution in [2.45, 2.75) is 26.7 Å². The Morgan fingerprint density at radius 2 is 2.38 bits per heavy atom. The van der Waals surface area contributed by atoms with Gasteiger partial charge in [0.25, 0.3) is 0 Å². The van der Waals surface area contributed by atoms with Crippen molar-refractivity contribution in [1.82, 2.24) is 9.78 Å². The van der Waals surface area contributed by atoms with Crippen LogP contribution >= 0.6 is 0 Å². The van der Waals surface area contributed by atoms with E-state index in [0.717, 1.165) is 18.2 Å². The van der Waals surface area contributed by atoms with Gasteiger partial charge in [-0.1, -0.05) is 20.3 Å². The molecule has 1 aromatic rings. The largest absolute Gasteiger partial charge is 0.382 e. The average Bonchev–Trinajstić information content (AvgIpc) is 2.49. The first kappa shape index (κ1) is 10.1. The maximum Gasteiger partial charge on any atom is 0.0726 e. The summed E-state index contributed by atoms with van der Waals surface area (Å²) in [6.07, 6.45) is 6.40. The zero-order valence-corrected chi connectivity index (χ0v) is 8.75. The molecule has 0 saturated carbocycles. The number of rotatable bonds is 5. The lowest BCUT2D eigenvalue weighted by Crippen LogP contribution is -2.10. The van der Waals surface area contributed by atoms with E-state index in [1.165, 1.54) is 12.8 Å². The molecule has 3 nitrogen and oxygen atoms in total. The Labute approximate surface area is 80.1 Å². The second kappa shape index (κ2) is 4.90. The van der Waals surface area contributed by atoms with Gasteiger partial charge in [0.05, 0.1) is 11.9 Å². The van der Waals surface area contributed by atoms with Crippen LogP contribution in [-0.2, 0) is 7.05 Å². The highest BCUT2D eigenvalue weighted by Crippen LogP contribution is 2.08. The topological polar surface area (TPSA) is 29.9 Å². The molecule has 1 atom stereocenters. The van der Waals surface area contributed by atoms with Crippen LogP contribution in [0.15, 0.2) is 12.4 Å². The number of anilines is 1. The second-order valence-corrected chi connectivity index (χ2v) is 3.68. The predicted molar refractivity (Wildman–Crippen MR) is 55.8 cm³/mol. The fourth-order valence-electron chi connectivity index (χ4n) is 1.40. The minimum Gasteiger partial charge on any atom is -0.382 e. The third-order valence-corrected chi connectivity index (χ3v) is 2.14. The summed E-state index contributed by atoms with van der Waals surface area (Å²) in [5.74, 6) is 0.741. The average molecular weight is 181 g/mol. The second-order valence-electron chi connectivity index (χ2n) is 3.68. The molecule has 1 heterocycles. The Bertz CT molecular complexity index is 242. The lowest BCUT2D eigenvalue weighted by atomic mass is 10.1. The molecule has 0 bridgehead atoms. The van der Waals surface area contributed by atoms with E-state index in [0.29, 0.717) is 0 Å². The fourth-order valence-corrected chi connectivity index (χ4v) is 1.40. The summed E-state index contributed by atoms with van der Waals surface area (Å²) in [6.45, 7) is 5.53. The van der Waals surface area contributed by atoms with Crippen LogP contribution in [0, 0.1) is 5.92 Å². The van der Waals surface area contributed by atoms with Crippen LogP contribution in [0.2, 0.25) is 0 Å². The smallest absolute Gasteiger partial charge is 0.0726 e. The van der Waals surface area contributed by atoms with E-state index >= 15 is 0 Å². The van der Waals surface area contributed by atoms with Crippen molar-refractivity contribution in [2.24, 2.45) is 13.0 Å². The van der Waals surface area contributed by atoms with Gasteiger partial charge >= 0.3 is 0 Å². The molecule has 0 aliphatic rings. The number of nitrogens with zero attached hydrogens (tertiary/aromatic N) is 2. The molecular formula is C10H19N3.